The van der Waals surface area contributed by atoms with Gasteiger partial charge in [0.05, 0.1) is 17.2 Å². The minimum atomic E-state index is -0.0187. The molecular weight excluding hydrogens is 246 g/mol. The first-order valence-corrected chi connectivity index (χ1v) is 6.37. The van der Waals surface area contributed by atoms with Crippen LogP contribution in [-0.2, 0) is 6.54 Å². The average Bonchev–Trinajstić information content (AvgIpc) is 2.75. The van der Waals surface area contributed by atoms with E-state index in [1.54, 1.807) is 17.5 Å². The predicted molar refractivity (Wildman–Crippen MR) is 74.2 cm³/mol. The Balaban J connectivity index is 2.15. The maximum atomic E-state index is 7.38. The van der Waals surface area contributed by atoms with Crippen molar-refractivity contribution in [3.05, 3.63) is 40.1 Å². The molecule has 0 unspecified atom stereocenters. The third-order valence-corrected chi connectivity index (χ3v) is 3.35. The van der Waals surface area contributed by atoms with Crippen molar-refractivity contribution < 1.29 is 0 Å². The molecule has 3 N–H and O–H groups in total. The molecule has 94 valence electrons. The molecule has 2 aromatic rings. The molecule has 0 aliphatic rings. The molecule has 0 aliphatic carbocycles. The highest BCUT2D eigenvalue weighted by atomic mass is 32.1. The van der Waals surface area contributed by atoms with Crippen LogP contribution in [0, 0.1) is 12.3 Å². The lowest BCUT2D eigenvalue weighted by Crippen LogP contribution is -2.19. The van der Waals surface area contributed by atoms with Crippen LogP contribution >= 0.6 is 11.3 Å². The number of nitrogen functional groups attached to an aromatic ring is 1. The number of nitrogens with zero attached hydrogens (tertiary/aromatic N) is 3. The first kappa shape index (κ1) is 12.5. The quantitative estimate of drug-likeness (QED) is 0.649. The summed E-state index contributed by atoms with van der Waals surface area (Å²) in [4.78, 5) is 10.5. The van der Waals surface area contributed by atoms with Gasteiger partial charge in [-0.05, 0) is 19.1 Å². The number of aromatic nitrogens is 2. The third kappa shape index (κ3) is 2.84. The lowest BCUT2D eigenvalue weighted by Gasteiger charge is -2.18. The summed E-state index contributed by atoms with van der Waals surface area (Å²) in [5.41, 5.74) is 7.94. The molecular formula is C12H15N5S. The topological polar surface area (TPSA) is 78.9 Å². The summed E-state index contributed by atoms with van der Waals surface area (Å²) in [6, 6.07) is 3.70. The maximum Gasteiger partial charge on any atom is 0.141 e. The highest BCUT2D eigenvalue weighted by molar-refractivity contribution is 7.09. The molecule has 0 bridgehead atoms. The molecule has 0 aromatic carbocycles. The summed E-state index contributed by atoms with van der Waals surface area (Å²) >= 11 is 1.65. The van der Waals surface area contributed by atoms with Crippen molar-refractivity contribution in [2.45, 2.75) is 13.5 Å². The monoisotopic (exact) mass is 261 g/mol. The zero-order chi connectivity index (χ0) is 13.1. The number of aryl methyl sites for hydroxylation is 1. The van der Waals surface area contributed by atoms with Gasteiger partial charge in [-0.1, -0.05) is 0 Å². The van der Waals surface area contributed by atoms with E-state index in [2.05, 4.69) is 20.2 Å². The van der Waals surface area contributed by atoms with E-state index in [1.807, 2.05) is 26.1 Å². The van der Waals surface area contributed by atoms with Crippen LogP contribution in [0.3, 0.4) is 0 Å². The number of anilines is 1. The minimum absolute atomic E-state index is 0.0187. The molecule has 0 radical (unpaired) electrons. The third-order valence-electron chi connectivity index (χ3n) is 2.53. The number of hydrogen-bond donors (Lipinski definition) is 2. The van der Waals surface area contributed by atoms with Gasteiger partial charge in [-0.2, -0.15) is 0 Å². The van der Waals surface area contributed by atoms with Gasteiger partial charge in [0.15, 0.2) is 0 Å². The number of rotatable bonds is 4. The van der Waals surface area contributed by atoms with Crippen LogP contribution in [0.15, 0.2) is 23.7 Å². The van der Waals surface area contributed by atoms with Crippen molar-refractivity contribution in [1.82, 2.24) is 9.97 Å². The molecule has 6 heteroatoms. The molecule has 0 aliphatic heterocycles. The van der Waals surface area contributed by atoms with Crippen LogP contribution in [0.2, 0.25) is 0 Å². The van der Waals surface area contributed by atoms with E-state index in [-0.39, 0.29) is 5.84 Å². The summed E-state index contributed by atoms with van der Waals surface area (Å²) in [6.45, 7) is 2.72. The van der Waals surface area contributed by atoms with E-state index in [0.29, 0.717) is 5.69 Å². The number of amidine groups is 1. The molecule has 2 aromatic heterocycles. The Hall–Kier alpha value is -1.95. The molecule has 0 saturated carbocycles. The van der Waals surface area contributed by atoms with Gasteiger partial charge in [-0.15, -0.1) is 11.3 Å². The van der Waals surface area contributed by atoms with Gasteiger partial charge in [0.25, 0.3) is 0 Å². The number of thiazole rings is 1. The van der Waals surface area contributed by atoms with Gasteiger partial charge in [-0.3, -0.25) is 10.4 Å². The molecule has 0 spiro atoms. The van der Waals surface area contributed by atoms with Gasteiger partial charge in [0.2, 0.25) is 0 Å². The van der Waals surface area contributed by atoms with Gasteiger partial charge < -0.3 is 10.6 Å². The van der Waals surface area contributed by atoms with Gasteiger partial charge in [0, 0.05) is 24.3 Å². The second-order valence-corrected chi connectivity index (χ2v) is 5.09. The Morgan fingerprint density at radius 1 is 1.56 bits per heavy atom. The van der Waals surface area contributed by atoms with Crippen molar-refractivity contribution in [2.24, 2.45) is 5.73 Å². The largest absolute Gasteiger partial charge is 0.382 e. The summed E-state index contributed by atoms with van der Waals surface area (Å²) in [7, 11) is 1.98. The second-order valence-electron chi connectivity index (χ2n) is 4.03. The Morgan fingerprint density at radius 2 is 2.33 bits per heavy atom. The summed E-state index contributed by atoms with van der Waals surface area (Å²) in [6.07, 6.45) is 1.66. The summed E-state index contributed by atoms with van der Waals surface area (Å²) in [5.74, 6) is -0.0187. The van der Waals surface area contributed by atoms with Crippen molar-refractivity contribution in [3.8, 4) is 0 Å². The first-order chi connectivity index (χ1) is 8.56. The Labute approximate surface area is 110 Å². The van der Waals surface area contributed by atoms with Crippen LogP contribution in [0.4, 0.5) is 5.69 Å². The van der Waals surface area contributed by atoms with E-state index in [9.17, 15) is 0 Å². The molecule has 0 amide bonds. The van der Waals surface area contributed by atoms with Crippen molar-refractivity contribution in [2.75, 3.05) is 11.9 Å². The van der Waals surface area contributed by atoms with Gasteiger partial charge >= 0.3 is 0 Å². The van der Waals surface area contributed by atoms with Crippen LogP contribution in [0.1, 0.15) is 16.4 Å². The van der Waals surface area contributed by atoms with Crippen molar-refractivity contribution in [1.29, 1.82) is 5.41 Å². The Bertz CT molecular complexity index is 563. The van der Waals surface area contributed by atoms with Gasteiger partial charge in [0.1, 0.15) is 11.5 Å². The predicted octanol–water partition coefficient (Wildman–Crippen LogP) is 1.77. The van der Waals surface area contributed by atoms with E-state index in [1.165, 1.54) is 0 Å². The number of pyridine rings is 1. The standard InChI is InChI=1S/C12H15N5S/c1-8-16-9(7-18-8)6-17(2)10-3-4-15-11(5-10)12(13)14/h3-5,7H,6H2,1-2H3,(H3,13,14). The number of nitrogens with one attached hydrogen (secondary N) is 1. The zero-order valence-corrected chi connectivity index (χ0v) is 11.2. The second kappa shape index (κ2) is 5.14. The minimum Gasteiger partial charge on any atom is -0.382 e. The Kier molecular flexibility index (Phi) is 3.57. The van der Waals surface area contributed by atoms with E-state index >= 15 is 0 Å². The first-order valence-electron chi connectivity index (χ1n) is 5.49. The van der Waals surface area contributed by atoms with Crippen molar-refractivity contribution in [3.63, 3.8) is 0 Å². The SMILES string of the molecule is Cc1nc(CN(C)c2ccnc(C(=N)N)c2)cs1. The van der Waals surface area contributed by atoms with Gasteiger partial charge in [-0.25, -0.2) is 4.98 Å². The van der Waals surface area contributed by atoms with E-state index < -0.39 is 0 Å². The molecule has 18 heavy (non-hydrogen) atoms. The van der Waals surface area contributed by atoms with E-state index in [4.69, 9.17) is 11.1 Å². The molecule has 2 rings (SSSR count). The highest BCUT2D eigenvalue weighted by Crippen LogP contribution is 2.17. The lowest BCUT2D eigenvalue weighted by atomic mass is 10.2. The van der Waals surface area contributed by atoms with E-state index in [0.717, 1.165) is 22.9 Å². The molecule has 5 nitrogen and oxygen atoms in total. The smallest absolute Gasteiger partial charge is 0.141 e. The number of nitrogens with two attached hydrogens (primary N) is 1. The normalized spacial score (nSPS) is 10.3. The van der Waals surface area contributed by atoms with Crippen LogP contribution in [0.25, 0.3) is 0 Å². The molecule has 0 saturated heterocycles. The highest BCUT2D eigenvalue weighted by Gasteiger charge is 2.07. The Morgan fingerprint density at radius 3 is 2.94 bits per heavy atom. The average molecular weight is 261 g/mol. The van der Waals surface area contributed by atoms with Crippen molar-refractivity contribution >= 4 is 22.9 Å². The lowest BCUT2D eigenvalue weighted by molar-refractivity contribution is 0.888. The zero-order valence-electron chi connectivity index (χ0n) is 10.3. The summed E-state index contributed by atoms with van der Waals surface area (Å²) in [5, 5.41) is 10.5. The van der Waals surface area contributed by atoms with Crippen LogP contribution in [0.5, 0.6) is 0 Å². The van der Waals surface area contributed by atoms with Crippen LogP contribution < -0.4 is 10.6 Å². The number of hydrogen-bond acceptors (Lipinski definition) is 5. The maximum absolute atomic E-state index is 7.38. The van der Waals surface area contributed by atoms with Crippen LogP contribution in [-0.4, -0.2) is 22.9 Å². The summed E-state index contributed by atoms with van der Waals surface area (Å²) < 4.78 is 0. The fourth-order valence-corrected chi connectivity index (χ4v) is 2.22. The molecule has 2 heterocycles. The molecule has 0 fully saturated rings. The fourth-order valence-electron chi connectivity index (χ4n) is 1.62. The fraction of sp³-hybridized carbons (Fsp3) is 0.250. The molecule has 0 atom stereocenters.